The molecule has 3 rings (SSSR count). The number of hydrogen-bond donors (Lipinski definition) is 1. The predicted molar refractivity (Wildman–Crippen MR) is 94.0 cm³/mol. The molecule has 7 nitrogen and oxygen atoms in total. The standard InChI is InChI=1S/C18H27N3O4/c22-18(20-7-3-10-24-14-15-4-2-11-25-15)16-5-1-6-19-17(16)21-8-12-23-13-9-21/h1,5-6,15H,2-4,7-14H2,(H,20,22)/t15-/m1/s1. The van der Waals surface area contributed by atoms with Crippen LogP contribution in [0.1, 0.15) is 29.6 Å². The molecule has 0 bridgehead atoms. The topological polar surface area (TPSA) is 72.9 Å². The van der Waals surface area contributed by atoms with E-state index in [-0.39, 0.29) is 12.0 Å². The minimum atomic E-state index is -0.0891. The molecule has 0 saturated carbocycles. The number of nitrogens with one attached hydrogen (secondary N) is 1. The molecule has 25 heavy (non-hydrogen) atoms. The van der Waals surface area contributed by atoms with Gasteiger partial charge in [0.1, 0.15) is 5.82 Å². The zero-order valence-electron chi connectivity index (χ0n) is 14.6. The highest BCUT2D eigenvalue weighted by Crippen LogP contribution is 2.18. The summed E-state index contributed by atoms with van der Waals surface area (Å²) >= 11 is 0. The number of morpholine rings is 1. The number of aromatic nitrogens is 1. The molecule has 1 amide bonds. The van der Waals surface area contributed by atoms with Gasteiger partial charge in [-0.15, -0.1) is 0 Å². The molecule has 138 valence electrons. The Morgan fingerprint density at radius 2 is 2.24 bits per heavy atom. The van der Waals surface area contributed by atoms with Crippen LogP contribution in [0.4, 0.5) is 5.82 Å². The van der Waals surface area contributed by atoms with E-state index in [9.17, 15) is 4.79 Å². The fourth-order valence-corrected chi connectivity index (χ4v) is 3.06. The number of carbonyl (C=O) groups excluding carboxylic acids is 1. The molecule has 7 heteroatoms. The first-order valence-corrected chi connectivity index (χ1v) is 9.10. The van der Waals surface area contributed by atoms with E-state index >= 15 is 0 Å². The maximum absolute atomic E-state index is 12.5. The monoisotopic (exact) mass is 349 g/mol. The number of pyridine rings is 1. The Morgan fingerprint density at radius 1 is 1.36 bits per heavy atom. The molecular weight excluding hydrogens is 322 g/mol. The minimum Gasteiger partial charge on any atom is -0.379 e. The second-order valence-corrected chi connectivity index (χ2v) is 6.29. The maximum atomic E-state index is 12.5. The van der Waals surface area contributed by atoms with Crippen LogP contribution >= 0.6 is 0 Å². The van der Waals surface area contributed by atoms with Gasteiger partial charge in [0, 0.05) is 39.0 Å². The van der Waals surface area contributed by atoms with Crippen molar-refractivity contribution >= 4 is 11.7 Å². The summed E-state index contributed by atoms with van der Waals surface area (Å²) < 4.78 is 16.5. The van der Waals surface area contributed by atoms with E-state index in [1.54, 1.807) is 12.3 Å². The van der Waals surface area contributed by atoms with E-state index < -0.39 is 0 Å². The summed E-state index contributed by atoms with van der Waals surface area (Å²) in [6, 6.07) is 3.62. The number of anilines is 1. The fourth-order valence-electron chi connectivity index (χ4n) is 3.06. The number of rotatable bonds is 8. The van der Waals surface area contributed by atoms with Crippen LogP contribution in [0.25, 0.3) is 0 Å². The van der Waals surface area contributed by atoms with E-state index in [1.165, 1.54) is 0 Å². The SMILES string of the molecule is O=C(NCCCOC[C@H]1CCCO1)c1cccnc1N1CCOCC1. The molecule has 2 saturated heterocycles. The Kier molecular flexibility index (Phi) is 7.02. The lowest BCUT2D eigenvalue weighted by molar-refractivity contribution is 0.0166. The second kappa shape index (κ2) is 9.70. The number of amides is 1. The number of carbonyl (C=O) groups is 1. The predicted octanol–water partition coefficient (Wildman–Crippen LogP) is 1.23. The molecule has 1 aromatic heterocycles. The number of ether oxygens (including phenoxy) is 3. The Balaban J connectivity index is 1.40. The Hall–Kier alpha value is -1.70. The highest BCUT2D eigenvalue weighted by Gasteiger charge is 2.19. The lowest BCUT2D eigenvalue weighted by Crippen LogP contribution is -2.38. The van der Waals surface area contributed by atoms with Crippen molar-refractivity contribution in [1.82, 2.24) is 10.3 Å². The van der Waals surface area contributed by atoms with Crippen LogP contribution in [-0.4, -0.2) is 69.7 Å². The van der Waals surface area contributed by atoms with Crippen LogP contribution in [0, 0.1) is 0 Å². The molecule has 2 aliphatic rings. The van der Waals surface area contributed by atoms with Gasteiger partial charge in [0.15, 0.2) is 0 Å². The van der Waals surface area contributed by atoms with Crippen LogP contribution in [-0.2, 0) is 14.2 Å². The van der Waals surface area contributed by atoms with E-state index in [4.69, 9.17) is 14.2 Å². The highest BCUT2D eigenvalue weighted by atomic mass is 16.5. The molecule has 1 atom stereocenters. The van der Waals surface area contributed by atoms with Gasteiger partial charge in [0.2, 0.25) is 0 Å². The normalized spacial score (nSPS) is 20.6. The minimum absolute atomic E-state index is 0.0891. The van der Waals surface area contributed by atoms with E-state index in [1.807, 2.05) is 6.07 Å². The van der Waals surface area contributed by atoms with Crippen molar-refractivity contribution in [3.8, 4) is 0 Å². The van der Waals surface area contributed by atoms with Crippen LogP contribution in [0.5, 0.6) is 0 Å². The molecule has 0 spiro atoms. The van der Waals surface area contributed by atoms with Gasteiger partial charge in [-0.1, -0.05) is 0 Å². The van der Waals surface area contributed by atoms with Crippen molar-refractivity contribution in [2.45, 2.75) is 25.4 Å². The van der Waals surface area contributed by atoms with E-state index in [0.29, 0.717) is 38.5 Å². The molecule has 1 N–H and O–H groups in total. The van der Waals surface area contributed by atoms with Crippen molar-refractivity contribution < 1.29 is 19.0 Å². The lowest BCUT2D eigenvalue weighted by atomic mass is 10.2. The fraction of sp³-hybridized carbons (Fsp3) is 0.667. The Bertz CT molecular complexity index is 543. The second-order valence-electron chi connectivity index (χ2n) is 6.29. The third-order valence-electron chi connectivity index (χ3n) is 4.42. The summed E-state index contributed by atoms with van der Waals surface area (Å²) in [7, 11) is 0. The first-order chi connectivity index (χ1) is 12.3. The van der Waals surface area contributed by atoms with Gasteiger partial charge in [-0.05, 0) is 31.4 Å². The largest absolute Gasteiger partial charge is 0.379 e. The summed E-state index contributed by atoms with van der Waals surface area (Å²) in [5.74, 6) is 0.645. The van der Waals surface area contributed by atoms with Gasteiger partial charge in [0.05, 0.1) is 31.5 Å². The molecule has 0 radical (unpaired) electrons. The Morgan fingerprint density at radius 3 is 3.04 bits per heavy atom. The van der Waals surface area contributed by atoms with Crippen LogP contribution in [0.2, 0.25) is 0 Å². The molecule has 0 unspecified atom stereocenters. The van der Waals surface area contributed by atoms with Gasteiger partial charge >= 0.3 is 0 Å². The van der Waals surface area contributed by atoms with Crippen molar-refractivity contribution in [3.05, 3.63) is 23.9 Å². The molecule has 3 heterocycles. The zero-order valence-corrected chi connectivity index (χ0v) is 14.6. The first kappa shape index (κ1) is 18.1. The van der Waals surface area contributed by atoms with E-state index in [2.05, 4.69) is 15.2 Å². The molecular formula is C18H27N3O4. The summed E-state index contributed by atoms with van der Waals surface area (Å²) in [6.45, 7) is 5.56. The van der Waals surface area contributed by atoms with Crippen molar-refractivity contribution in [1.29, 1.82) is 0 Å². The van der Waals surface area contributed by atoms with Crippen LogP contribution in [0.3, 0.4) is 0 Å². The van der Waals surface area contributed by atoms with Gasteiger partial charge < -0.3 is 24.4 Å². The van der Waals surface area contributed by atoms with Crippen LogP contribution < -0.4 is 10.2 Å². The van der Waals surface area contributed by atoms with Crippen molar-refractivity contribution in [2.24, 2.45) is 0 Å². The van der Waals surface area contributed by atoms with Gasteiger partial charge in [0.25, 0.3) is 5.91 Å². The lowest BCUT2D eigenvalue weighted by Gasteiger charge is -2.29. The maximum Gasteiger partial charge on any atom is 0.255 e. The summed E-state index contributed by atoms with van der Waals surface area (Å²) in [5, 5.41) is 2.96. The Labute approximate surface area is 148 Å². The quantitative estimate of drug-likeness (QED) is 0.712. The van der Waals surface area contributed by atoms with Crippen LogP contribution in [0.15, 0.2) is 18.3 Å². The van der Waals surface area contributed by atoms with Gasteiger partial charge in [-0.2, -0.15) is 0 Å². The van der Waals surface area contributed by atoms with Gasteiger partial charge in [-0.25, -0.2) is 4.98 Å². The van der Waals surface area contributed by atoms with Gasteiger partial charge in [-0.3, -0.25) is 4.79 Å². The molecule has 0 aromatic carbocycles. The third-order valence-corrected chi connectivity index (χ3v) is 4.42. The zero-order chi connectivity index (χ0) is 17.3. The van der Waals surface area contributed by atoms with E-state index in [0.717, 1.165) is 44.8 Å². The number of nitrogens with zero attached hydrogens (tertiary/aromatic N) is 2. The summed E-state index contributed by atoms with van der Waals surface area (Å²) in [6.07, 6.45) is 4.97. The smallest absolute Gasteiger partial charge is 0.255 e. The average Bonchev–Trinajstić information content (AvgIpc) is 3.18. The number of hydrogen-bond acceptors (Lipinski definition) is 6. The first-order valence-electron chi connectivity index (χ1n) is 9.10. The molecule has 1 aromatic rings. The highest BCUT2D eigenvalue weighted by molar-refractivity contribution is 5.98. The summed E-state index contributed by atoms with van der Waals surface area (Å²) in [4.78, 5) is 19.0. The van der Waals surface area contributed by atoms with Crippen molar-refractivity contribution in [2.75, 3.05) is 57.6 Å². The molecule has 0 aliphatic carbocycles. The molecule has 2 aliphatic heterocycles. The molecule has 2 fully saturated rings. The average molecular weight is 349 g/mol. The summed E-state index contributed by atoms with van der Waals surface area (Å²) in [5.41, 5.74) is 0.615. The van der Waals surface area contributed by atoms with Crippen molar-refractivity contribution in [3.63, 3.8) is 0 Å². The third kappa shape index (κ3) is 5.39.